The summed E-state index contributed by atoms with van der Waals surface area (Å²) in [4.78, 5) is 12.1. The van der Waals surface area contributed by atoms with Crippen LogP contribution in [-0.2, 0) is 6.54 Å². The lowest BCUT2D eigenvalue weighted by atomic mass is 10.1. The lowest BCUT2D eigenvalue weighted by Gasteiger charge is -2.08. The highest BCUT2D eigenvalue weighted by atomic mass is 79.9. The van der Waals surface area contributed by atoms with Gasteiger partial charge in [-0.2, -0.15) is 0 Å². The topological polar surface area (TPSA) is 81.2 Å². The fraction of sp³-hybridized carbons (Fsp3) is 0.231. The van der Waals surface area contributed by atoms with Crippen LogP contribution in [0.4, 0.5) is 10.1 Å². The molecule has 1 amide bonds. The molecule has 3 N–H and O–H groups in total. The number of nitrogen functional groups attached to an aromatic ring is 1. The number of hydrogen-bond acceptors (Lipinski definition) is 4. The number of nitrogens with two attached hydrogens (primary N) is 1. The molecule has 0 radical (unpaired) electrons. The van der Waals surface area contributed by atoms with Crippen molar-refractivity contribution < 1.29 is 13.7 Å². The lowest BCUT2D eigenvalue weighted by Crippen LogP contribution is -2.24. The molecule has 0 aliphatic rings. The summed E-state index contributed by atoms with van der Waals surface area (Å²) in [6, 6.07) is 2.46. The van der Waals surface area contributed by atoms with Gasteiger partial charge in [-0.15, -0.1) is 0 Å². The SMILES string of the molecule is Cc1noc(C)c1CNC(=O)c1cc(N)c(F)cc1Br. The minimum atomic E-state index is -0.570. The number of amides is 1. The smallest absolute Gasteiger partial charge is 0.252 e. The van der Waals surface area contributed by atoms with Gasteiger partial charge in [0.05, 0.1) is 16.9 Å². The number of anilines is 1. The highest BCUT2D eigenvalue weighted by molar-refractivity contribution is 9.10. The van der Waals surface area contributed by atoms with E-state index >= 15 is 0 Å². The molecule has 0 saturated carbocycles. The van der Waals surface area contributed by atoms with Gasteiger partial charge in [-0.25, -0.2) is 4.39 Å². The van der Waals surface area contributed by atoms with Crippen molar-refractivity contribution in [3.05, 3.63) is 45.0 Å². The second-order valence-corrected chi connectivity index (χ2v) is 5.19. The summed E-state index contributed by atoms with van der Waals surface area (Å²) in [5.41, 5.74) is 7.21. The molecule has 0 aliphatic heterocycles. The van der Waals surface area contributed by atoms with E-state index in [1.165, 1.54) is 12.1 Å². The Bertz CT molecular complexity index is 650. The number of nitrogens with one attached hydrogen (secondary N) is 1. The van der Waals surface area contributed by atoms with E-state index in [-0.39, 0.29) is 23.7 Å². The molecule has 0 fully saturated rings. The molecular weight excluding hydrogens is 329 g/mol. The first-order valence-electron chi connectivity index (χ1n) is 5.84. The number of aryl methyl sites for hydroxylation is 2. The van der Waals surface area contributed by atoms with Gasteiger partial charge in [0.1, 0.15) is 11.6 Å². The Morgan fingerprint density at radius 1 is 1.50 bits per heavy atom. The number of rotatable bonds is 3. The van der Waals surface area contributed by atoms with Gasteiger partial charge in [-0.1, -0.05) is 5.16 Å². The molecular formula is C13H13BrFN3O2. The van der Waals surface area contributed by atoms with Gasteiger partial charge in [0, 0.05) is 16.6 Å². The normalized spacial score (nSPS) is 10.6. The number of benzene rings is 1. The first-order valence-corrected chi connectivity index (χ1v) is 6.64. The van der Waals surface area contributed by atoms with Gasteiger partial charge in [-0.05, 0) is 41.9 Å². The predicted octanol–water partition coefficient (Wildman–Crippen LogP) is 2.71. The van der Waals surface area contributed by atoms with Gasteiger partial charge in [-0.3, -0.25) is 4.79 Å². The molecule has 7 heteroatoms. The number of hydrogen-bond donors (Lipinski definition) is 2. The number of carbonyl (C=O) groups is 1. The predicted molar refractivity (Wildman–Crippen MR) is 75.7 cm³/mol. The Morgan fingerprint density at radius 3 is 2.80 bits per heavy atom. The van der Waals surface area contributed by atoms with E-state index in [9.17, 15) is 9.18 Å². The molecule has 0 saturated heterocycles. The Labute approximate surface area is 123 Å². The van der Waals surface area contributed by atoms with Crippen LogP contribution in [0.15, 0.2) is 21.1 Å². The Morgan fingerprint density at radius 2 is 2.20 bits per heavy atom. The van der Waals surface area contributed by atoms with Crippen LogP contribution >= 0.6 is 15.9 Å². The van der Waals surface area contributed by atoms with Crippen LogP contribution in [0.5, 0.6) is 0 Å². The summed E-state index contributed by atoms with van der Waals surface area (Å²) in [6.45, 7) is 3.85. The van der Waals surface area contributed by atoms with Gasteiger partial charge in [0.2, 0.25) is 0 Å². The van der Waals surface area contributed by atoms with E-state index < -0.39 is 5.82 Å². The summed E-state index contributed by atoms with van der Waals surface area (Å²) in [6.07, 6.45) is 0. The zero-order chi connectivity index (χ0) is 14.9. The molecule has 1 heterocycles. The van der Waals surface area contributed by atoms with E-state index in [0.717, 1.165) is 11.3 Å². The highest BCUT2D eigenvalue weighted by Gasteiger charge is 2.15. The van der Waals surface area contributed by atoms with Crippen molar-refractivity contribution >= 4 is 27.5 Å². The first-order chi connectivity index (χ1) is 9.40. The maximum absolute atomic E-state index is 13.2. The molecule has 0 spiro atoms. The second-order valence-electron chi connectivity index (χ2n) is 4.34. The van der Waals surface area contributed by atoms with Crippen LogP contribution < -0.4 is 11.1 Å². The summed E-state index contributed by atoms with van der Waals surface area (Å²) in [5, 5.41) is 6.53. The van der Waals surface area contributed by atoms with Crippen LogP contribution in [0.25, 0.3) is 0 Å². The van der Waals surface area contributed by atoms with E-state index in [0.29, 0.717) is 10.2 Å². The van der Waals surface area contributed by atoms with E-state index in [2.05, 4.69) is 26.4 Å². The van der Waals surface area contributed by atoms with Crippen LogP contribution in [0.2, 0.25) is 0 Å². The molecule has 2 aromatic rings. The van der Waals surface area contributed by atoms with Crippen molar-refractivity contribution in [1.29, 1.82) is 0 Å². The quantitative estimate of drug-likeness (QED) is 0.841. The molecule has 5 nitrogen and oxygen atoms in total. The molecule has 106 valence electrons. The van der Waals surface area contributed by atoms with E-state index in [4.69, 9.17) is 10.3 Å². The zero-order valence-electron chi connectivity index (χ0n) is 11.0. The largest absolute Gasteiger partial charge is 0.396 e. The lowest BCUT2D eigenvalue weighted by molar-refractivity contribution is 0.0950. The van der Waals surface area contributed by atoms with Crippen molar-refractivity contribution in [3.63, 3.8) is 0 Å². The molecule has 0 atom stereocenters. The minimum Gasteiger partial charge on any atom is -0.396 e. The van der Waals surface area contributed by atoms with Gasteiger partial charge in [0.25, 0.3) is 5.91 Å². The van der Waals surface area contributed by atoms with Crippen molar-refractivity contribution in [2.75, 3.05) is 5.73 Å². The van der Waals surface area contributed by atoms with Crippen molar-refractivity contribution in [3.8, 4) is 0 Å². The third kappa shape index (κ3) is 2.82. The van der Waals surface area contributed by atoms with Crippen molar-refractivity contribution in [2.24, 2.45) is 0 Å². The number of nitrogens with zero attached hydrogens (tertiary/aromatic N) is 1. The van der Waals surface area contributed by atoms with Gasteiger partial charge in [0.15, 0.2) is 0 Å². The molecule has 20 heavy (non-hydrogen) atoms. The Kier molecular flexibility index (Phi) is 4.08. The Hall–Kier alpha value is -1.89. The maximum atomic E-state index is 13.2. The summed E-state index contributed by atoms with van der Waals surface area (Å²) < 4.78 is 18.6. The van der Waals surface area contributed by atoms with Crippen LogP contribution in [0.1, 0.15) is 27.4 Å². The van der Waals surface area contributed by atoms with Gasteiger partial charge >= 0.3 is 0 Å². The highest BCUT2D eigenvalue weighted by Crippen LogP contribution is 2.23. The van der Waals surface area contributed by atoms with Crippen LogP contribution in [0.3, 0.4) is 0 Å². The number of halogens is 2. The molecule has 2 rings (SSSR count). The average molecular weight is 342 g/mol. The summed E-state index contributed by atoms with van der Waals surface area (Å²) in [5.74, 6) is -0.275. The third-order valence-electron chi connectivity index (χ3n) is 2.94. The Balaban J connectivity index is 2.15. The summed E-state index contributed by atoms with van der Waals surface area (Å²) >= 11 is 3.14. The fourth-order valence-corrected chi connectivity index (χ4v) is 2.25. The molecule has 0 aliphatic carbocycles. The molecule has 0 unspecified atom stereocenters. The first kappa shape index (κ1) is 14.5. The standard InChI is InChI=1S/C13H13BrFN3O2/c1-6-9(7(2)20-18-6)5-17-13(19)8-3-12(16)11(15)4-10(8)14/h3-4H,5,16H2,1-2H3,(H,17,19). The second kappa shape index (κ2) is 5.62. The average Bonchev–Trinajstić information content (AvgIpc) is 2.71. The minimum absolute atomic E-state index is 0.0734. The van der Waals surface area contributed by atoms with Crippen molar-refractivity contribution in [1.82, 2.24) is 10.5 Å². The zero-order valence-corrected chi connectivity index (χ0v) is 12.5. The monoisotopic (exact) mass is 341 g/mol. The molecule has 1 aromatic heterocycles. The van der Waals surface area contributed by atoms with Crippen molar-refractivity contribution in [2.45, 2.75) is 20.4 Å². The summed E-state index contributed by atoms with van der Waals surface area (Å²) in [7, 11) is 0. The third-order valence-corrected chi connectivity index (χ3v) is 3.59. The molecule has 0 bridgehead atoms. The molecule has 1 aromatic carbocycles. The van der Waals surface area contributed by atoms with Gasteiger partial charge < -0.3 is 15.6 Å². The number of aromatic nitrogens is 1. The maximum Gasteiger partial charge on any atom is 0.252 e. The van der Waals surface area contributed by atoms with Crippen LogP contribution in [0, 0.1) is 19.7 Å². The van der Waals surface area contributed by atoms with E-state index in [1.54, 1.807) is 13.8 Å². The number of carbonyl (C=O) groups excluding carboxylic acids is 1. The fourth-order valence-electron chi connectivity index (χ4n) is 1.76. The van der Waals surface area contributed by atoms with Crippen LogP contribution in [-0.4, -0.2) is 11.1 Å². The van der Waals surface area contributed by atoms with E-state index in [1.807, 2.05) is 0 Å².